The maximum atomic E-state index is 6.10. The zero-order valence-electron chi connectivity index (χ0n) is 13.4. The average molecular weight is 326 g/mol. The molecule has 3 N–H and O–H groups in total. The third-order valence-electron chi connectivity index (χ3n) is 3.87. The number of hydrogen-bond acceptors (Lipinski definition) is 6. The third kappa shape index (κ3) is 2.47. The standard InChI is InChI=1S/C17H18N4O3/c1-3-22-14-13(17-23-9(2)24-17)20-16(21-15(14)18)11-4-5-12-10(8-11)6-7-19-12/h4-9,17,19H,3H2,1-2H3,(H2,18,20,21). The molecule has 124 valence electrons. The second kappa shape index (κ2) is 5.77. The number of fused-ring (bicyclic) bond motifs is 1. The first-order chi connectivity index (χ1) is 11.7. The van der Waals surface area contributed by atoms with Crippen LogP contribution in [-0.4, -0.2) is 27.8 Å². The Hall–Kier alpha value is -2.64. The van der Waals surface area contributed by atoms with Crippen LogP contribution in [0.3, 0.4) is 0 Å². The lowest BCUT2D eigenvalue weighted by Crippen LogP contribution is -2.33. The molecule has 0 saturated carbocycles. The van der Waals surface area contributed by atoms with Crippen molar-refractivity contribution in [1.29, 1.82) is 0 Å². The normalized spacial score (nSPS) is 20.1. The molecular formula is C17H18N4O3. The Morgan fingerprint density at radius 3 is 2.83 bits per heavy atom. The number of ether oxygens (including phenoxy) is 3. The predicted octanol–water partition coefficient (Wildman–Crippen LogP) is 3.00. The molecule has 7 nitrogen and oxygen atoms in total. The van der Waals surface area contributed by atoms with Gasteiger partial charge in [0.25, 0.3) is 0 Å². The highest BCUT2D eigenvalue weighted by atomic mass is 16.9. The van der Waals surface area contributed by atoms with Crippen molar-refractivity contribution in [3.63, 3.8) is 0 Å². The molecule has 2 aromatic heterocycles. The molecule has 1 aliphatic heterocycles. The highest BCUT2D eigenvalue weighted by Gasteiger charge is 2.34. The van der Waals surface area contributed by atoms with Crippen LogP contribution in [0.25, 0.3) is 22.3 Å². The van der Waals surface area contributed by atoms with Crippen LogP contribution >= 0.6 is 0 Å². The van der Waals surface area contributed by atoms with Gasteiger partial charge < -0.3 is 24.9 Å². The highest BCUT2D eigenvalue weighted by molar-refractivity contribution is 5.84. The molecule has 0 atom stereocenters. The molecule has 0 spiro atoms. The van der Waals surface area contributed by atoms with E-state index in [-0.39, 0.29) is 12.1 Å². The van der Waals surface area contributed by atoms with Crippen molar-refractivity contribution < 1.29 is 14.2 Å². The lowest BCUT2D eigenvalue weighted by molar-refractivity contribution is -0.384. The van der Waals surface area contributed by atoms with E-state index < -0.39 is 6.29 Å². The van der Waals surface area contributed by atoms with Gasteiger partial charge in [0.1, 0.15) is 5.69 Å². The molecule has 1 aliphatic rings. The maximum absolute atomic E-state index is 6.10. The quantitative estimate of drug-likeness (QED) is 0.765. The maximum Gasteiger partial charge on any atom is 0.210 e. The number of aromatic amines is 1. The summed E-state index contributed by atoms with van der Waals surface area (Å²) in [5.74, 6) is 1.21. The summed E-state index contributed by atoms with van der Waals surface area (Å²) in [6.45, 7) is 4.15. The first-order valence-electron chi connectivity index (χ1n) is 7.84. The number of benzene rings is 1. The minimum atomic E-state index is -0.582. The number of H-pyrrole nitrogens is 1. The zero-order valence-corrected chi connectivity index (χ0v) is 13.4. The van der Waals surface area contributed by atoms with Gasteiger partial charge in [-0.05, 0) is 38.1 Å². The van der Waals surface area contributed by atoms with Crippen molar-refractivity contribution in [2.45, 2.75) is 26.4 Å². The van der Waals surface area contributed by atoms with Gasteiger partial charge in [-0.1, -0.05) is 0 Å². The molecule has 3 aromatic rings. The van der Waals surface area contributed by atoms with E-state index >= 15 is 0 Å². The van der Waals surface area contributed by atoms with Crippen LogP contribution < -0.4 is 10.5 Å². The minimum Gasteiger partial charge on any atom is -0.488 e. The first-order valence-corrected chi connectivity index (χ1v) is 7.84. The Balaban J connectivity index is 1.80. The molecule has 3 heterocycles. The number of nitrogens with zero attached hydrogens (tertiary/aromatic N) is 2. The van der Waals surface area contributed by atoms with Crippen LogP contribution in [0.1, 0.15) is 25.8 Å². The SMILES string of the molecule is CCOc1c(N)nc(-c2ccc3[nH]ccc3c2)nc1C1OC(C)O1. The Kier molecular flexibility index (Phi) is 3.59. The molecule has 1 saturated heterocycles. The highest BCUT2D eigenvalue weighted by Crippen LogP contribution is 2.39. The number of hydrogen-bond donors (Lipinski definition) is 2. The van der Waals surface area contributed by atoms with Crippen molar-refractivity contribution in [2.75, 3.05) is 12.3 Å². The van der Waals surface area contributed by atoms with E-state index in [9.17, 15) is 0 Å². The van der Waals surface area contributed by atoms with Crippen LogP contribution in [0, 0.1) is 0 Å². The molecule has 0 unspecified atom stereocenters. The van der Waals surface area contributed by atoms with Gasteiger partial charge >= 0.3 is 0 Å². The van der Waals surface area contributed by atoms with Gasteiger partial charge in [-0.2, -0.15) is 0 Å². The molecule has 0 bridgehead atoms. The number of nitrogen functional groups attached to an aromatic ring is 1. The largest absolute Gasteiger partial charge is 0.488 e. The van der Waals surface area contributed by atoms with E-state index in [1.54, 1.807) is 0 Å². The molecule has 4 rings (SSSR count). The second-order valence-electron chi connectivity index (χ2n) is 5.53. The van der Waals surface area contributed by atoms with E-state index in [1.807, 2.05) is 44.3 Å². The predicted molar refractivity (Wildman–Crippen MR) is 89.3 cm³/mol. The van der Waals surface area contributed by atoms with Gasteiger partial charge in [0.15, 0.2) is 23.7 Å². The summed E-state index contributed by atoms with van der Waals surface area (Å²) < 4.78 is 16.7. The Labute approximate surface area is 138 Å². The summed E-state index contributed by atoms with van der Waals surface area (Å²) in [6.07, 6.45) is 1.05. The summed E-state index contributed by atoms with van der Waals surface area (Å²) in [4.78, 5) is 12.2. The zero-order chi connectivity index (χ0) is 16.7. The van der Waals surface area contributed by atoms with E-state index in [0.29, 0.717) is 23.9 Å². The summed E-state index contributed by atoms with van der Waals surface area (Å²) in [5.41, 5.74) is 8.54. The van der Waals surface area contributed by atoms with Gasteiger partial charge in [-0.3, -0.25) is 0 Å². The number of anilines is 1. The second-order valence-corrected chi connectivity index (χ2v) is 5.53. The Morgan fingerprint density at radius 1 is 1.25 bits per heavy atom. The van der Waals surface area contributed by atoms with Gasteiger partial charge in [0.05, 0.1) is 6.61 Å². The lowest BCUT2D eigenvalue weighted by atomic mass is 10.1. The molecule has 1 fully saturated rings. The monoisotopic (exact) mass is 326 g/mol. The van der Waals surface area contributed by atoms with E-state index in [0.717, 1.165) is 16.5 Å². The van der Waals surface area contributed by atoms with Crippen LogP contribution in [0.5, 0.6) is 5.75 Å². The number of rotatable bonds is 4. The van der Waals surface area contributed by atoms with Crippen molar-refractivity contribution >= 4 is 16.7 Å². The van der Waals surface area contributed by atoms with Gasteiger partial charge in [0, 0.05) is 22.7 Å². The molecule has 0 aliphatic carbocycles. The number of nitrogens with two attached hydrogens (primary N) is 1. The Bertz CT molecular complexity index is 887. The van der Waals surface area contributed by atoms with Crippen molar-refractivity contribution in [3.8, 4) is 17.1 Å². The third-order valence-corrected chi connectivity index (χ3v) is 3.87. The van der Waals surface area contributed by atoms with Gasteiger partial charge in [0.2, 0.25) is 6.29 Å². The molecule has 0 amide bonds. The van der Waals surface area contributed by atoms with E-state index in [2.05, 4.69) is 15.0 Å². The fourth-order valence-electron chi connectivity index (χ4n) is 2.75. The van der Waals surface area contributed by atoms with Crippen LogP contribution in [-0.2, 0) is 9.47 Å². The average Bonchev–Trinajstić information content (AvgIpc) is 3.01. The summed E-state index contributed by atoms with van der Waals surface area (Å²) in [7, 11) is 0. The fourth-order valence-corrected chi connectivity index (χ4v) is 2.75. The van der Waals surface area contributed by atoms with Crippen molar-refractivity contribution in [3.05, 3.63) is 36.2 Å². The van der Waals surface area contributed by atoms with Crippen molar-refractivity contribution in [2.24, 2.45) is 0 Å². The number of nitrogens with one attached hydrogen (secondary N) is 1. The molecule has 1 aromatic carbocycles. The topological polar surface area (TPSA) is 95.3 Å². The number of aromatic nitrogens is 3. The van der Waals surface area contributed by atoms with Crippen molar-refractivity contribution in [1.82, 2.24) is 15.0 Å². The summed E-state index contributed by atoms with van der Waals surface area (Å²) in [6, 6.07) is 7.94. The molecule has 24 heavy (non-hydrogen) atoms. The van der Waals surface area contributed by atoms with Gasteiger partial charge in [-0.15, -0.1) is 0 Å². The van der Waals surface area contributed by atoms with E-state index in [1.165, 1.54) is 0 Å². The van der Waals surface area contributed by atoms with E-state index in [4.69, 9.17) is 19.9 Å². The first kappa shape index (κ1) is 14.9. The molecule has 0 radical (unpaired) electrons. The Morgan fingerprint density at radius 2 is 2.08 bits per heavy atom. The summed E-state index contributed by atoms with van der Waals surface area (Å²) in [5, 5.41) is 1.08. The summed E-state index contributed by atoms with van der Waals surface area (Å²) >= 11 is 0. The molecule has 7 heteroatoms. The fraction of sp³-hybridized carbons (Fsp3) is 0.294. The van der Waals surface area contributed by atoms with Crippen LogP contribution in [0.2, 0.25) is 0 Å². The smallest absolute Gasteiger partial charge is 0.210 e. The van der Waals surface area contributed by atoms with Crippen LogP contribution in [0.4, 0.5) is 5.82 Å². The molecular weight excluding hydrogens is 308 g/mol. The minimum absolute atomic E-state index is 0.264. The van der Waals surface area contributed by atoms with Crippen LogP contribution in [0.15, 0.2) is 30.5 Å². The lowest BCUT2D eigenvalue weighted by Gasteiger charge is -2.34. The van der Waals surface area contributed by atoms with Gasteiger partial charge in [-0.25, -0.2) is 9.97 Å².